The van der Waals surface area contributed by atoms with Crippen molar-refractivity contribution in [1.29, 1.82) is 0 Å². The van der Waals surface area contributed by atoms with Crippen LogP contribution in [0.1, 0.15) is 165 Å². The van der Waals surface area contributed by atoms with Crippen LogP contribution in [-0.4, -0.2) is 23.2 Å². The molecule has 0 unspecified atom stereocenters. The van der Waals surface area contributed by atoms with E-state index in [0.29, 0.717) is 0 Å². The fraction of sp³-hybridized carbons (Fsp3) is 0.480. The predicted molar refractivity (Wildman–Crippen MR) is 227 cm³/mol. The largest absolute Gasteiger partial charge is 0.494 e. The first-order valence-corrected chi connectivity index (χ1v) is 21.2. The molecule has 0 aliphatic carbocycles. The zero-order chi connectivity index (χ0) is 37.7. The summed E-state index contributed by atoms with van der Waals surface area (Å²) in [6.07, 6.45) is 30.1. The van der Waals surface area contributed by atoms with Gasteiger partial charge in [-0.1, -0.05) is 153 Å². The molecular weight excluding hydrogens is 661 g/mol. The van der Waals surface area contributed by atoms with Gasteiger partial charge in [0.2, 0.25) is 0 Å². The summed E-state index contributed by atoms with van der Waals surface area (Å²) in [7, 11) is 0. The van der Waals surface area contributed by atoms with Crippen molar-refractivity contribution >= 4 is 0 Å². The molecule has 0 saturated carbocycles. The van der Waals surface area contributed by atoms with E-state index in [1.807, 2.05) is 72.8 Å². The second-order valence-corrected chi connectivity index (χ2v) is 14.5. The van der Waals surface area contributed by atoms with Crippen LogP contribution in [0, 0.1) is 23.7 Å². The van der Waals surface area contributed by atoms with Gasteiger partial charge in [-0.3, -0.25) is 9.97 Å². The summed E-state index contributed by atoms with van der Waals surface area (Å²) in [4.78, 5) is 9.13. The molecule has 0 amide bonds. The van der Waals surface area contributed by atoms with Crippen LogP contribution in [0.15, 0.2) is 85.2 Å². The van der Waals surface area contributed by atoms with Crippen molar-refractivity contribution < 1.29 is 9.47 Å². The highest BCUT2D eigenvalue weighted by Crippen LogP contribution is 2.19. The zero-order valence-electron chi connectivity index (χ0n) is 33.4. The maximum Gasteiger partial charge on any atom is 0.119 e. The fourth-order valence-electron chi connectivity index (χ4n) is 6.41. The Bertz CT molecular complexity index is 1580. The van der Waals surface area contributed by atoms with Crippen LogP contribution in [0.3, 0.4) is 0 Å². The van der Waals surface area contributed by atoms with E-state index in [1.54, 1.807) is 12.4 Å². The van der Waals surface area contributed by atoms with Crippen LogP contribution in [0.25, 0.3) is 11.4 Å². The Morgan fingerprint density at radius 2 is 0.685 bits per heavy atom. The number of rotatable bonds is 25. The molecular formula is C50H64N2O2. The van der Waals surface area contributed by atoms with Crippen LogP contribution < -0.4 is 9.47 Å². The van der Waals surface area contributed by atoms with Crippen molar-refractivity contribution in [2.75, 3.05) is 13.2 Å². The van der Waals surface area contributed by atoms with Gasteiger partial charge in [0.25, 0.3) is 0 Å². The molecule has 0 spiro atoms. The van der Waals surface area contributed by atoms with Crippen molar-refractivity contribution in [3.05, 3.63) is 107 Å². The van der Waals surface area contributed by atoms with E-state index in [2.05, 4.69) is 47.5 Å². The van der Waals surface area contributed by atoms with Crippen LogP contribution in [-0.2, 0) is 0 Å². The first kappa shape index (κ1) is 42.2. The standard InChI is InChI=1S/C50H64N2O2/c1-3-5-7-9-11-13-15-17-19-21-39-53-47-31-27-43(28-32-47)23-25-45-35-37-51-49(41-45)50-42-46(36-38-52-50)26-24-44-29-33-48(34-30-44)54-40-22-20-18-16-14-12-10-8-6-4-2/h27-38,41-42H,3-22,39-40H2,1-2H3. The molecule has 4 rings (SSSR count). The molecule has 0 saturated heterocycles. The van der Waals surface area contributed by atoms with Gasteiger partial charge in [0, 0.05) is 34.6 Å². The summed E-state index contributed by atoms with van der Waals surface area (Å²) in [5, 5.41) is 0. The Morgan fingerprint density at radius 1 is 0.370 bits per heavy atom. The Balaban J connectivity index is 1.16. The van der Waals surface area contributed by atoms with Gasteiger partial charge < -0.3 is 9.47 Å². The van der Waals surface area contributed by atoms with E-state index in [0.717, 1.165) is 71.2 Å². The first-order valence-electron chi connectivity index (χ1n) is 21.2. The summed E-state index contributed by atoms with van der Waals surface area (Å²) in [6.45, 7) is 6.08. The second-order valence-electron chi connectivity index (χ2n) is 14.5. The van der Waals surface area contributed by atoms with Gasteiger partial charge in [0.05, 0.1) is 24.6 Å². The van der Waals surface area contributed by atoms with Gasteiger partial charge in [0.1, 0.15) is 11.5 Å². The third kappa shape index (κ3) is 18.0. The maximum atomic E-state index is 5.98. The van der Waals surface area contributed by atoms with Crippen molar-refractivity contribution in [3.8, 4) is 46.6 Å². The minimum atomic E-state index is 0.768. The Morgan fingerprint density at radius 3 is 1.04 bits per heavy atom. The first-order chi connectivity index (χ1) is 26.7. The summed E-state index contributed by atoms with van der Waals surface area (Å²) >= 11 is 0. The molecule has 0 fully saturated rings. The smallest absolute Gasteiger partial charge is 0.119 e. The molecule has 4 nitrogen and oxygen atoms in total. The van der Waals surface area contributed by atoms with Crippen molar-refractivity contribution in [2.24, 2.45) is 0 Å². The molecule has 0 aliphatic rings. The topological polar surface area (TPSA) is 44.2 Å². The fourth-order valence-corrected chi connectivity index (χ4v) is 6.41. The molecule has 4 heteroatoms. The molecule has 2 heterocycles. The van der Waals surface area contributed by atoms with E-state index in [9.17, 15) is 0 Å². The highest BCUT2D eigenvalue weighted by molar-refractivity contribution is 5.60. The second kappa shape index (κ2) is 27.1. The quantitative estimate of drug-likeness (QED) is 0.0504. The molecule has 4 aromatic rings. The highest BCUT2D eigenvalue weighted by atomic mass is 16.5. The summed E-state index contributed by atoms with van der Waals surface area (Å²) in [5.41, 5.74) is 5.20. The van der Waals surface area contributed by atoms with E-state index in [4.69, 9.17) is 9.47 Å². The van der Waals surface area contributed by atoms with E-state index in [1.165, 1.54) is 116 Å². The SMILES string of the molecule is CCCCCCCCCCCCOc1ccc(C#Cc2ccnc(-c3cc(C#Cc4ccc(OCCCCCCCCCCCC)cc4)ccn3)c2)cc1. The molecule has 0 aliphatic heterocycles. The van der Waals surface area contributed by atoms with Crippen LogP contribution in [0.5, 0.6) is 11.5 Å². The number of unbranched alkanes of at least 4 members (excludes halogenated alkanes) is 18. The molecule has 286 valence electrons. The summed E-state index contributed by atoms with van der Waals surface area (Å²) in [6, 6.07) is 23.9. The normalized spacial score (nSPS) is 10.6. The number of aromatic nitrogens is 2. The monoisotopic (exact) mass is 724 g/mol. The lowest BCUT2D eigenvalue weighted by Crippen LogP contribution is -1.97. The number of benzene rings is 2. The average Bonchev–Trinajstić information content (AvgIpc) is 3.21. The van der Waals surface area contributed by atoms with Crippen molar-refractivity contribution in [1.82, 2.24) is 9.97 Å². The lowest BCUT2D eigenvalue weighted by molar-refractivity contribution is 0.304. The number of pyridine rings is 2. The minimum Gasteiger partial charge on any atom is -0.494 e. The summed E-state index contributed by atoms with van der Waals surface area (Å²) < 4.78 is 12.0. The van der Waals surface area contributed by atoms with Gasteiger partial charge in [0.15, 0.2) is 0 Å². The van der Waals surface area contributed by atoms with Crippen LogP contribution >= 0.6 is 0 Å². The number of nitrogens with zero attached hydrogens (tertiary/aromatic N) is 2. The molecule has 0 N–H and O–H groups in total. The number of hydrogen-bond acceptors (Lipinski definition) is 4. The minimum absolute atomic E-state index is 0.768. The van der Waals surface area contributed by atoms with Crippen LogP contribution in [0.4, 0.5) is 0 Å². The average molecular weight is 725 g/mol. The van der Waals surface area contributed by atoms with E-state index < -0.39 is 0 Å². The van der Waals surface area contributed by atoms with Gasteiger partial charge in [-0.15, -0.1) is 0 Å². The molecule has 2 aromatic heterocycles. The third-order valence-electron chi connectivity index (χ3n) is 9.73. The molecule has 0 atom stereocenters. The van der Waals surface area contributed by atoms with Gasteiger partial charge in [-0.05, 0) is 85.6 Å². The molecule has 0 bridgehead atoms. The molecule has 2 aromatic carbocycles. The highest BCUT2D eigenvalue weighted by Gasteiger charge is 2.03. The van der Waals surface area contributed by atoms with Crippen molar-refractivity contribution in [2.45, 2.75) is 142 Å². The molecule has 0 radical (unpaired) electrons. The van der Waals surface area contributed by atoms with Crippen LogP contribution in [0.2, 0.25) is 0 Å². The lowest BCUT2D eigenvalue weighted by atomic mass is 10.1. The van der Waals surface area contributed by atoms with Gasteiger partial charge in [-0.25, -0.2) is 0 Å². The summed E-state index contributed by atoms with van der Waals surface area (Å²) in [5.74, 6) is 14.9. The van der Waals surface area contributed by atoms with Gasteiger partial charge in [-0.2, -0.15) is 0 Å². The molecule has 54 heavy (non-hydrogen) atoms. The third-order valence-corrected chi connectivity index (χ3v) is 9.73. The number of hydrogen-bond donors (Lipinski definition) is 0. The Hall–Kier alpha value is -4.54. The van der Waals surface area contributed by atoms with E-state index >= 15 is 0 Å². The Labute approximate surface area is 327 Å². The van der Waals surface area contributed by atoms with E-state index in [-0.39, 0.29) is 0 Å². The Kier molecular flexibility index (Phi) is 21.2. The predicted octanol–water partition coefficient (Wildman–Crippen LogP) is 13.5. The maximum absolute atomic E-state index is 5.98. The lowest BCUT2D eigenvalue weighted by Gasteiger charge is -2.06. The number of ether oxygens (including phenoxy) is 2. The zero-order valence-corrected chi connectivity index (χ0v) is 33.4. The van der Waals surface area contributed by atoms with Gasteiger partial charge >= 0.3 is 0 Å². The van der Waals surface area contributed by atoms with Crippen molar-refractivity contribution in [3.63, 3.8) is 0 Å².